The first kappa shape index (κ1) is 11.4. The van der Waals surface area contributed by atoms with Crippen LogP contribution in [0.15, 0.2) is 24.3 Å². The van der Waals surface area contributed by atoms with Crippen LogP contribution in [0.25, 0.3) is 0 Å². The lowest BCUT2D eigenvalue weighted by atomic mass is 10.1. The van der Waals surface area contributed by atoms with Gasteiger partial charge in [0.1, 0.15) is 5.75 Å². The van der Waals surface area contributed by atoms with Crippen molar-refractivity contribution in [2.24, 2.45) is 11.7 Å². The van der Waals surface area contributed by atoms with Crippen molar-refractivity contribution in [1.82, 2.24) is 4.90 Å². The Balaban J connectivity index is 1.89. The Hall–Kier alpha value is -1.06. The SMILES string of the molecule is CN1CCC(COc2ccccc2CN)C1. The molecule has 1 heterocycles. The van der Waals surface area contributed by atoms with Gasteiger partial charge in [0.2, 0.25) is 0 Å². The number of para-hydroxylation sites is 1. The molecule has 3 heteroatoms. The van der Waals surface area contributed by atoms with E-state index in [-0.39, 0.29) is 0 Å². The minimum absolute atomic E-state index is 0.542. The van der Waals surface area contributed by atoms with Gasteiger partial charge in [-0.1, -0.05) is 18.2 Å². The predicted molar refractivity (Wildman–Crippen MR) is 65.4 cm³/mol. The number of likely N-dealkylation sites (tertiary alicyclic amines) is 1. The summed E-state index contributed by atoms with van der Waals surface area (Å²) < 4.78 is 5.85. The van der Waals surface area contributed by atoms with Gasteiger partial charge in [0.05, 0.1) is 6.61 Å². The van der Waals surface area contributed by atoms with Gasteiger partial charge in [-0.25, -0.2) is 0 Å². The van der Waals surface area contributed by atoms with Gasteiger partial charge >= 0.3 is 0 Å². The van der Waals surface area contributed by atoms with Gasteiger partial charge in [-0.2, -0.15) is 0 Å². The minimum Gasteiger partial charge on any atom is -0.493 e. The van der Waals surface area contributed by atoms with Gasteiger partial charge < -0.3 is 15.4 Å². The number of nitrogens with zero attached hydrogens (tertiary/aromatic N) is 1. The molecule has 16 heavy (non-hydrogen) atoms. The first-order chi connectivity index (χ1) is 7.79. The van der Waals surface area contributed by atoms with Crippen molar-refractivity contribution in [3.05, 3.63) is 29.8 Å². The minimum atomic E-state index is 0.542. The second-order valence-electron chi connectivity index (χ2n) is 4.54. The Morgan fingerprint density at radius 2 is 2.25 bits per heavy atom. The van der Waals surface area contributed by atoms with Gasteiger partial charge in [-0.05, 0) is 26.1 Å². The molecule has 0 spiro atoms. The maximum atomic E-state index is 5.85. The van der Waals surface area contributed by atoms with Crippen LogP contribution in [0.4, 0.5) is 0 Å². The lowest BCUT2D eigenvalue weighted by molar-refractivity contribution is 0.247. The quantitative estimate of drug-likeness (QED) is 0.835. The third kappa shape index (κ3) is 2.74. The molecule has 1 aromatic rings. The van der Waals surface area contributed by atoms with Crippen LogP contribution in [0.5, 0.6) is 5.75 Å². The Kier molecular flexibility index (Phi) is 3.80. The maximum Gasteiger partial charge on any atom is 0.123 e. The van der Waals surface area contributed by atoms with Crippen molar-refractivity contribution in [3.8, 4) is 5.75 Å². The number of benzene rings is 1. The van der Waals surface area contributed by atoms with E-state index >= 15 is 0 Å². The standard InChI is InChI=1S/C13H20N2O/c1-15-7-6-11(9-15)10-16-13-5-3-2-4-12(13)8-14/h2-5,11H,6-10,14H2,1H3. The Morgan fingerprint density at radius 1 is 1.44 bits per heavy atom. The molecule has 1 aliphatic heterocycles. The van der Waals surface area contributed by atoms with Gasteiger partial charge in [-0.15, -0.1) is 0 Å². The third-order valence-corrected chi connectivity index (χ3v) is 3.16. The fourth-order valence-corrected chi connectivity index (χ4v) is 2.18. The molecule has 2 N–H and O–H groups in total. The van der Waals surface area contributed by atoms with E-state index in [1.165, 1.54) is 13.0 Å². The van der Waals surface area contributed by atoms with Crippen LogP contribution in [-0.4, -0.2) is 31.6 Å². The fraction of sp³-hybridized carbons (Fsp3) is 0.538. The molecule has 1 unspecified atom stereocenters. The molecule has 3 nitrogen and oxygen atoms in total. The van der Waals surface area contributed by atoms with Crippen LogP contribution >= 0.6 is 0 Å². The van der Waals surface area contributed by atoms with Crippen LogP contribution in [0.1, 0.15) is 12.0 Å². The Bertz CT molecular complexity index is 340. The van der Waals surface area contributed by atoms with E-state index < -0.39 is 0 Å². The lowest BCUT2D eigenvalue weighted by Crippen LogP contribution is -2.18. The number of hydrogen-bond donors (Lipinski definition) is 1. The summed E-state index contributed by atoms with van der Waals surface area (Å²) in [6, 6.07) is 8.02. The van der Waals surface area contributed by atoms with Crippen LogP contribution < -0.4 is 10.5 Å². The Labute approximate surface area is 97.2 Å². The normalized spacial score (nSPS) is 21.2. The molecule has 1 atom stereocenters. The number of nitrogens with two attached hydrogens (primary N) is 1. The van der Waals surface area contributed by atoms with E-state index in [0.29, 0.717) is 12.5 Å². The average molecular weight is 220 g/mol. The molecule has 0 amide bonds. The third-order valence-electron chi connectivity index (χ3n) is 3.16. The van der Waals surface area contributed by atoms with Crippen LogP contribution in [0.2, 0.25) is 0 Å². The zero-order chi connectivity index (χ0) is 11.4. The van der Waals surface area contributed by atoms with Crippen molar-refractivity contribution < 1.29 is 4.74 Å². The molecule has 0 aromatic heterocycles. The molecule has 2 rings (SSSR count). The molecule has 88 valence electrons. The summed E-state index contributed by atoms with van der Waals surface area (Å²) in [5.74, 6) is 1.61. The highest BCUT2D eigenvalue weighted by molar-refractivity contribution is 5.32. The first-order valence-electron chi connectivity index (χ1n) is 5.89. The summed E-state index contributed by atoms with van der Waals surface area (Å²) in [5.41, 5.74) is 6.76. The van der Waals surface area contributed by atoms with Crippen molar-refractivity contribution in [2.45, 2.75) is 13.0 Å². The summed E-state index contributed by atoms with van der Waals surface area (Å²) >= 11 is 0. The van der Waals surface area contributed by atoms with E-state index in [0.717, 1.165) is 24.5 Å². The van der Waals surface area contributed by atoms with E-state index in [2.05, 4.69) is 11.9 Å². The molecule has 1 saturated heterocycles. The molecular formula is C13H20N2O. The topological polar surface area (TPSA) is 38.5 Å². The van der Waals surface area contributed by atoms with Gasteiger partial charge in [0.25, 0.3) is 0 Å². The largest absolute Gasteiger partial charge is 0.493 e. The summed E-state index contributed by atoms with van der Waals surface area (Å²) in [5, 5.41) is 0. The number of ether oxygens (including phenoxy) is 1. The second-order valence-corrected chi connectivity index (χ2v) is 4.54. The monoisotopic (exact) mass is 220 g/mol. The highest BCUT2D eigenvalue weighted by atomic mass is 16.5. The van der Waals surface area contributed by atoms with Gasteiger partial charge in [-0.3, -0.25) is 0 Å². The summed E-state index contributed by atoms with van der Waals surface area (Å²) in [4.78, 5) is 2.35. The molecule has 1 fully saturated rings. The molecule has 0 radical (unpaired) electrons. The lowest BCUT2D eigenvalue weighted by Gasteiger charge is -2.14. The molecule has 1 aromatic carbocycles. The second kappa shape index (κ2) is 5.32. The van der Waals surface area contributed by atoms with E-state index in [1.54, 1.807) is 0 Å². The number of hydrogen-bond acceptors (Lipinski definition) is 3. The molecule has 1 aliphatic rings. The van der Waals surface area contributed by atoms with Gasteiger partial charge in [0, 0.05) is 24.6 Å². The van der Waals surface area contributed by atoms with Crippen molar-refractivity contribution in [3.63, 3.8) is 0 Å². The van der Waals surface area contributed by atoms with Crippen LogP contribution in [0.3, 0.4) is 0 Å². The molecule has 0 bridgehead atoms. The van der Waals surface area contributed by atoms with Crippen LogP contribution in [-0.2, 0) is 6.54 Å². The smallest absolute Gasteiger partial charge is 0.123 e. The van der Waals surface area contributed by atoms with E-state index in [1.807, 2.05) is 24.3 Å². The zero-order valence-electron chi connectivity index (χ0n) is 9.86. The number of rotatable bonds is 4. The van der Waals surface area contributed by atoms with Crippen molar-refractivity contribution in [1.29, 1.82) is 0 Å². The summed E-state index contributed by atoms with van der Waals surface area (Å²) in [6.07, 6.45) is 1.24. The molecule has 0 aliphatic carbocycles. The predicted octanol–water partition coefficient (Wildman–Crippen LogP) is 1.48. The molecular weight excluding hydrogens is 200 g/mol. The van der Waals surface area contributed by atoms with Crippen LogP contribution in [0, 0.1) is 5.92 Å². The Morgan fingerprint density at radius 3 is 2.94 bits per heavy atom. The summed E-state index contributed by atoms with van der Waals surface area (Å²) in [6.45, 7) is 3.68. The maximum absolute atomic E-state index is 5.85. The molecule has 0 saturated carbocycles. The van der Waals surface area contributed by atoms with Crippen molar-refractivity contribution in [2.75, 3.05) is 26.7 Å². The zero-order valence-corrected chi connectivity index (χ0v) is 9.86. The van der Waals surface area contributed by atoms with Crippen molar-refractivity contribution >= 4 is 0 Å². The summed E-state index contributed by atoms with van der Waals surface area (Å²) in [7, 11) is 2.16. The highest BCUT2D eigenvalue weighted by Gasteiger charge is 2.20. The van der Waals surface area contributed by atoms with E-state index in [9.17, 15) is 0 Å². The van der Waals surface area contributed by atoms with Gasteiger partial charge in [0.15, 0.2) is 0 Å². The fourth-order valence-electron chi connectivity index (χ4n) is 2.18. The van der Waals surface area contributed by atoms with E-state index in [4.69, 9.17) is 10.5 Å². The average Bonchev–Trinajstić information content (AvgIpc) is 2.73. The highest BCUT2D eigenvalue weighted by Crippen LogP contribution is 2.20. The first-order valence-corrected chi connectivity index (χ1v) is 5.89.